The Hall–Kier alpha value is -2.92. The Morgan fingerprint density at radius 3 is 2.82 bits per heavy atom. The van der Waals surface area contributed by atoms with Crippen molar-refractivity contribution in [3.8, 4) is 0 Å². The number of carbonyl (C=O) groups is 1. The number of allylic oxidation sites excluding steroid dienone is 2. The maximum atomic E-state index is 13.7. The minimum absolute atomic E-state index is 0.0208. The van der Waals surface area contributed by atoms with Crippen LogP contribution in [0.3, 0.4) is 0 Å². The molecule has 0 fully saturated rings. The van der Waals surface area contributed by atoms with Gasteiger partial charge in [0.15, 0.2) is 0 Å². The number of carbonyl (C=O) groups excluding carboxylic acids is 1. The van der Waals surface area contributed by atoms with Crippen LogP contribution in [0.1, 0.15) is 35.6 Å². The Kier molecular flexibility index (Phi) is 4.77. The minimum Gasteiger partial charge on any atom is -0.370 e. The first kappa shape index (κ1) is 18.4. The van der Waals surface area contributed by atoms with Gasteiger partial charge in [-0.2, -0.15) is 0 Å². The van der Waals surface area contributed by atoms with Crippen LogP contribution in [0.5, 0.6) is 0 Å². The van der Waals surface area contributed by atoms with Crippen LogP contribution >= 0.6 is 0 Å². The van der Waals surface area contributed by atoms with Gasteiger partial charge in [0, 0.05) is 25.4 Å². The first-order valence-electron chi connectivity index (χ1n) is 9.42. The van der Waals surface area contributed by atoms with E-state index < -0.39 is 6.23 Å². The zero-order chi connectivity index (χ0) is 19.8. The van der Waals surface area contributed by atoms with Crippen LogP contribution in [-0.4, -0.2) is 29.2 Å². The molecule has 0 aromatic heterocycles. The number of hydrogen-bond donors (Lipinski definition) is 2. The van der Waals surface area contributed by atoms with Gasteiger partial charge in [0.1, 0.15) is 12.0 Å². The van der Waals surface area contributed by atoms with E-state index >= 15 is 0 Å². The largest absolute Gasteiger partial charge is 0.370 e. The van der Waals surface area contributed by atoms with E-state index in [1.807, 2.05) is 44.4 Å². The lowest BCUT2D eigenvalue weighted by atomic mass is 9.86. The summed E-state index contributed by atoms with van der Waals surface area (Å²) in [6.07, 6.45) is 4.96. The van der Waals surface area contributed by atoms with Crippen LogP contribution in [0.2, 0.25) is 0 Å². The average Bonchev–Trinajstić information content (AvgIpc) is 2.66. The van der Waals surface area contributed by atoms with Gasteiger partial charge in [-0.25, -0.2) is 4.39 Å². The number of amides is 1. The number of aliphatic hydroxyl groups is 1. The lowest BCUT2D eigenvalue weighted by Crippen LogP contribution is -2.30. The van der Waals surface area contributed by atoms with Gasteiger partial charge >= 0.3 is 0 Å². The number of hydrogen-bond acceptors (Lipinski definition) is 3. The monoisotopic (exact) mass is 378 g/mol. The predicted molar refractivity (Wildman–Crippen MR) is 108 cm³/mol. The normalized spacial score (nSPS) is 18.9. The van der Waals surface area contributed by atoms with Crippen LogP contribution < -0.4 is 5.32 Å². The Balaban J connectivity index is 1.85. The van der Waals surface area contributed by atoms with E-state index in [1.165, 1.54) is 6.07 Å². The first-order chi connectivity index (χ1) is 13.4. The van der Waals surface area contributed by atoms with Crippen LogP contribution in [0.25, 0.3) is 5.57 Å². The third-order valence-electron chi connectivity index (χ3n) is 5.41. The zero-order valence-corrected chi connectivity index (χ0v) is 16.0. The lowest BCUT2D eigenvalue weighted by Gasteiger charge is -2.30. The van der Waals surface area contributed by atoms with Crippen molar-refractivity contribution in [2.24, 2.45) is 0 Å². The molecule has 2 N–H and O–H groups in total. The van der Waals surface area contributed by atoms with Gasteiger partial charge in [-0.1, -0.05) is 18.2 Å². The summed E-state index contributed by atoms with van der Waals surface area (Å²) in [6, 6.07) is 10.6. The highest BCUT2D eigenvalue weighted by Crippen LogP contribution is 2.36. The molecule has 0 radical (unpaired) electrons. The second-order valence-electron chi connectivity index (χ2n) is 7.48. The molecule has 0 spiro atoms. The van der Waals surface area contributed by atoms with Crippen LogP contribution in [-0.2, 0) is 17.6 Å². The molecule has 0 saturated carbocycles. The van der Waals surface area contributed by atoms with Gasteiger partial charge in [-0.15, -0.1) is 0 Å². The fourth-order valence-corrected chi connectivity index (χ4v) is 3.99. The zero-order valence-electron chi connectivity index (χ0n) is 16.0. The molecule has 0 saturated heterocycles. The van der Waals surface area contributed by atoms with E-state index in [0.717, 1.165) is 39.1 Å². The highest BCUT2D eigenvalue weighted by molar-refractivity contribution is 5.95. The summed E-state index contributed by atoms with van der Waals surface area (Å²) < 4.78 is 13.7. The number of nitrogens with one attached hydrogen (secondary N) is 1. The van der Waals surface area contributed by atoms with Gasteiger partial charge in [0.05, 0.1) is 0 Å². The van der Waals surface area contributed by atoms with Crippen molar-refractivity contribution in [3.05, 3.63) is 82.3 Å². The molecule has 4 nitrogen and oxygen atoms in total. The third kappa shape index (κ3) is 3.45. The first-order valence-corrected chi connectivity index (χ1v) is 9.42. The average molecular weight is 378 g/mol. The van der Waals surface area contributed by atoms with Gasteiger partial charge in [0.2, 0.25) is 5.91 Å². The molecule has 2 aliphatic rings. The minimum atomic E-state index is -0.632. The smallest absolute Gasteiger partial charge is 0.224 e. The molecular weight excluding hydrogens is 355 g/mol. The van der Waals surface area contributed by atoms with Crippen LogP contribution in [0.4, 0.5) is 10.1 Å². The molecule has 4 rings (SSSR count). The highest BCUT2D eigenvalue weighted by Gasteiger charge is 2.24. The topological polar surface area (TPSA) is 52.6 Å². The van der Waals surface area contributed by atoms with Crippen LogP contribution in [0.15, 0.2) is 54.2 Å². The standard InChI is InChI=1S/C23H23FN2O2/c1-14-10-16(13-26(2)23(14)28)18-6-8-21-19(7-9-22(27)25-21)20(18)12-15-4-3-5-17(24)11-15/h3-6,8,10-11,13,23,28H,7,9,12H2,1-2H3,(H,25,27). The van der Waals surface area contributed by atoms with E-state index in [9.17, 15) is 14.3 Å². The number of halogens is 1. The molecule has 0 aliphatic carbocycles. The van der Waals surface area contributed by atoms with Crippen molar-refractivity contribution in [1.29, 1.82) is 0 Å². The second-order valence-corrected chi connectivity index (χ2v) is 7.48. The Morgan fingerprint density at radius 2 is 2.07 bits per heavy atom. The van der Waals surface area contributed by atoms with E-state index in [2.05, 4.69) is 5.32 Å². The summed E-state index contributed by atoms with van der Waals surface area (Å²) in [5.74, 6) is -0.236. The number of fused-ring (bicyclic) bond motifs is 1. The van der Waals surface area contributed by atoms with Crippen molar-refractivity contribution >= 4 is 17.2 Å². The number of likely N-dealkylation sites (N-methyl/N-ethyl adjacent to an activating group) is 1. The maximum Gasteiger partial charge on any atom is 0.224 e. The van der Waals surface area contributed by atoms with E-state index in [4.69, 9.17) is 0 Å². The van der Waals surface area contributed by atoms with E-state index in [1.54, 1.807) is 17.0 Å². The summed E-state index contributed by atoms with van der Waals surface area (Å²) in [5, 5.41) is 13.1. The number of rotatable bonds is 3. The van der Waals surface area contributed by atoms with E-state index in [-0.39, 0.29) is 11.7 Å². The molecule has 28 heavy (non-hydrogen) atoms. The maximum absolute atomic E-state index is 13.7. The van der Waals surface area contributed by atoms with Crippen molar-refractivity contribution in [3.63, 3.8) is 0 Å². The molecule has 2 aliphatic heterocycles. The molecular formula is C23H23FN2O2. The molecule has 144 valence electrons. The number of benzene rings is 2. The molecule has 1 amide bonds. The lowest BCUT2D eigenvalue weighted by molar-refractivity contribution is -0.116. The summed E-state index contributed by atoms with van der Waals surface area (Å²) in [4.78, 5) is 13.6. The van der Waals surface area contributed by atoms with Crippen molar-refractivity contribution in [1.82, 2.24) is 4.90 Å². The second kappa shape index (κ2) is 7.24. The fraction of sp³-hybridized carbons (Fsp3) is 0.261. The van der Waals surface area contributed by atoms with Crippen molar-refractivity contribution in [2.45, 2.75) is 32.4 Å². The SMILES string of the molecule is CC1=CC(c2ccc3c(c2Cc2cccc(F)c2)CCC(=O)N3)=CN(C)C1O. The summed E-state index contributed by atoms with van der Waals surface area (Å²) in [6.45, 7) is 1.90. The van der Waals surface area contributed by atoms with Gasteiger partial charge in [-0.3, -0.25) is 4.79 Å². The molecule has 1 unspecified atom stereocenters. The molecule has 1 atom stereocenters. The molecule has 2 heterocycles. The molecule has 5 heteroatoms. The molecule has 2 aromatic rings. The van der Waals surface area contributed by atoms with Gasteiger partial charge in [0.25, 0.3) is 0 Å². The fourth-order valence-electron chi connectivity index (χ4n) is 3.99. The van der Waals surface area contributed by atoms with Crippen molar-refractivity contribution < 1.29 is 14.3 Å². The summed E-state index contributed by atoms with van der Waals surface area (Å²) in [7, 11) is 1.84. The predicted octanol–water partition coefficient (Wildman–Crippen LogP) is 3.85. The molecule has 0 bridgehead atoms. The Labute approximate surface area is 164 Å². The summed E-state index contributed by atoms with van der Waals surface area (Å²) >= 11 is 0. The number of aliphatic hydroxyl groups excluding tert-OH is 1. The Morgan fingerprint density at radius 1 is 1.25 bits per heavy atom. The molecule has 2 aromatic carbocycles. The van der Waals surface area contributed by atoms with Crippen molar-refractivity contribution in [2.75, 3.05) is 12.4 Å². The number of anilines is 1. The van der Waals surface area contributed by atoms with Gasteiger partial charge < -0.3 is 15.3 Å². The Bertz CT molecular complexity index is 1010. The quantitative estimate of drug-likeness (QED) is 0.853. The van der Waals surface area contributed by atoms with E-state index in [0.29, 0.717) is 19.3 Å². The summed E-state index contributed by atoms with van der Waals surface area (Å²) in [5.41, 5.74) is 6.80. The number of nitrogens with zero attached hydrogens (tertiary/aromatic N) is 1. The highest BCUT2D eigenvalue weighted by atomic mass is 19.1. The third-order valence-corrected chi connectivity index (χ3v) is 5.41. The van der Waals surface area contributed by atoms with Crippen LogP contribution in [0, 0.1) is 5.82 Å². The van der Waals surface area contributed by atoms with Gasteiger partial charge in [-0.05, 0) is 77.4 Å².